The van der Waals surface area contributed by atoms with E-state index in [1.165, 1.54) is 0 Å². The number of amides is 1. The van der Waals surface area contributed by atoms with Crippen LogP contribution in [0.25, 0.3) is 22.8 Å². The van der Waals surface area contributed by atoms with Crippen molar-refractivity contribution >= 4 is 17.6 Å². The third kappa shape index (κ3) is 5.78. The van der Waals surface area contributed by atoms with Crippen LogP contribution in [0.5, 0.6) is 0 Å². The molecule has 0 aliphatic carbocycles. The SMILES string of the molecule is CC(C)(C)c1ccc(C(=O)NC(Cc2ccc(-c3noc(-c4ccc(N)cc4)n3)cc2)C(=O)O)cc1. The van der Waals surface area contributed by atoms with Gasteiger partial charge >= 0.3 is 5.97 Å². The van der Waals surface area contributed by atoms with Crippen molar-refractivity contribution in [3.05, 3.63) is 89.5 Å². The number of nitrogens with two attached hydrogens (primary N) is 1. The summed E-state index contributed by atoms with van der Waals surface area (Å²) in [7, 11) is 0. The number of hydrogen-bond donors (Lipinski definition) is 3. The van der Waals surface area contributed by atoms with E-state index < -0.39 is 17.9 Å². The second-order valence-corrected chi connectivity index (χ2v) is 9.64. The second-order valence-electron chi connectivity index (χ2n) is 9.64. The van der Waals surface area contributed by atoms with E-state index in [2.05, 4.69) is 36.2 Å². The van der Waals surface area contributed by atoms with Gasteiger partial charge < -0.3 is 20.7 Å². The molecule has 1 heterocycles. The predicted molar refractivity (Wildman–Crippen MR) is 137 cm³/mol. The normalized spacial score (nSPS) is 12.2. The Balaban J connectivity index is 1.43. The number of carbonyl (C=O) groups excluding carboxylic acids is 1. The van der Waals surface area contributed by atoms with Crippen molar-refractivity contribution in [1.29, 1.82) is 0 Å². The Morgan fingerprint density at radius 1 is 0.944 bits per heavy atom. The Kier molecular flexibility index (Phi) is 6.87. The number of carboxylic acids is 1. The van der Waals surface area contributed by atoms with Crippen LogP contribution in [-0.2, 0) is 16.6 Å². The first kappa shape index (κ1) is 24.7. The molecule has 0 radical (unpaired) electrons. The monoisotopic (exact) mass is 484 g/mol. The summed E-state index contributed by atoms with van der Waals surface area (Å²) < 4.78 is 5.36. The van der Waals surface area contributed by atoms with Crippen molar-refractivity contribution in [1.82, 2.24) is 15.5 Å². The Bertz CT molecular complexity index is 1350. The standard InChI is InChI=1S/C28H28N4O4/c1-28(2,3)21-12-8-19(9-13-21)25(33)30-23(27(34)35)16-17-4-6-18(7-5-17)24-31-26(36-32-24)20-10-14-22(29)15-11-20/h4-15,23H,16,29H2,1-3H3,(H,30,33)(H,34,35). The number of aliphatic carboxylic acids is 1. The first-order valence-electron chi connectivity index (χ1n) is 11.5. The number of anilines is 1. The zero-order valence-corrected chi connectivity index (χ0v) is 20.4. The topological polar surface area (TPSA) is 131 Å². The molecule has 4 aromatic rings. The number of nitrogen functional groups attached to an aromatic ring is 1. The van der Waals surface area contributed by atoms with Crippen LogP contribution in [-0.4, -0.2) is 33.2 Å². The zero-order chi connectivity index (χ0) is 25.9. The van der Waals surface area contributed by atoms with Crippen LogP contribution in [0.1, 0.15) is 42.3 Å². The maximum Gasteiger partial charge on any atom is 0.326 e. The van der Waals surface area contributed by atoms with Crippen LogP contribution in [0.2, 0.25) is 0 Å². The fourth-order valence-electron chi connectivity index (χ4n) is 3.67. The van der Waals surface area contributed by atoms with Gasteiger partial charge in [-0.25, -0.2) is 4.79 Å². The molecule has 1 atom stereocenters. The number of hydrogen-bond acceptors (Lipinski definition) is 6. The highest BCUT2D eigenvalue weighted by molar-refractivity contribution is 5.96. The molecule has 36 heavy (non-hydrogen) atoms. The quantitative estimate of drug-likeness (QED) is 0.324. The number of nitrogens with zero attached hydrogens (tertiary/aromatic N) is 2. The van der Waals surface area contributed by atoms with Crippen LogP contribution in [0.15, 0.2) is 77.3 Å². The van der Waals surface area contributed by atoms with Gasteiger partial charge in [-0.1, -0.05) is 62.3 Å². The molecule has 1 amide bonds. The van der Waals surface area contributed by atoms with E-state index in [0.29, 0.717) is 23.0 Å². The van der Waals surface area contributed by atoms with Gasteiger partial charge in [0.15, 0.2) is 0 Å². The van der Waals surface area contributed by atoms with E-state index in [-0.39, 0.29) is 11.8 Å². The lowest BCUT2D eigenvalue weighted by atomic mass is 9.86. The lowest BCUT2D eigenvalue weighted by molar-refractivity contribution is -0.139. The predicted octanol–water partition coefficient (Wildman–Crippen LogP) is 4.71. The van der Waals surface area contributed by atoms with Crippen molar-refractivity contribution in [2.75, 3.05) is 5.73 Å². The molecule has 0 bridgehead atoms. The minimum absolute atomic E-state index is 0.0378. The van der Waals surface area contributed by atoms with Crippen molar-refractivity contribution in [2.24, 2.45) is 0 Å². The van der Waals surface area contributed by atoms with E-state index in [0.717, 1.165) is 22.3 Å². The minimum Gasteiger partial charge on any atom is -0.480 e. The summed E-state index contributed by atoms with van der Waals surface area (Å²) in [5.74, 6) is -0.750. The number of carbonyl (C=O) groups is 2. The number of carboxylic acid groups (broad SMARTS) is 1. The molecule has 0 saturated heterocycles. The first-order valence-corrected chi connectivity index (χ1v) is 11.5. The highest BCUT2D eigenvalue weighted by Gasteiger charge is 2.22. The van der Waals surface area contributed by atoms with Gasteiger partial charge in [0.2, 0.25) is 5.82 Å². The molecular weight excluding hydrogens is 456 g/mol. The third-order valence-corrected chi connectivity index (χ3v) is 5.85. The van der Waals surface area contributed by atoms with E-state index in [4.69, 9.17) is 10.3 Å². The third-order valence-electron chi connectivity index (χ3n) is 5.85. The van der Waals surface area contributed by atoms with Crippen LogP contribution in [0.3, 0.4) is 0 Å². The van der Waals surface area contributed by atoms with Gasteiger partial charge in [0.05, 0.1) is 0 Å². The molecule has 1 unspecified atom stereocenters. The molecule has 8 nitrogen and oxygen atoms in total. The van der Waals surface area contributed by atoms with Crippen molar-refractivity contribution in [2.45, 2.75) is 38.6 Å². The summed E-state index contributed by atoms with van der Waals surface area (Å²) in [6.07, 6.45) is 0.129. The summed E-state index contributed by atoms with van der Waals surface area (Å²) in [6, 6.07) is 20.4. The molecule has 8 heteroatoms. The average Bonchev–Trinajstić information content (AvgIpc) is 3.34. The summed E-state index contributed by atoms with van der Waals surface area (Å²) in [5, 5.41) is 16.3. The van der Waals surface area contributed by atoms with Crippen molar-refractivity contribution < 1.29 is 19.2 Å². The Morgan fingerprint density at radius 3 is 2.14 bits per heavy atom. The molecule has 3 aromatic carbocycles. The lowest BCUT2D eigenvalue weighted by Gasteiger charge is -2.19. The molecule has 1 aromatic heterocycles. The van der Waals surface area contributed by atoms with Gasteiger partial charge in [0, 0.05) is 28.8 Å². The minimum atomic E-state index is -1.11. The molecule has 4 rings (SSSR count). The van der Waals surface area contributed by atoms with Crippen molar-refractivity contribution in [3.63, 3.8) is 0 Å². The van der Waals surface area contributed by atoms with Gasteiger partial charge in [-0.2, -0.15) is 4.98 Å². The maximum absolute atomic E-state index is 12.7. The summed E-state index contributed by atoms with van der Waals surface area (Å²) >= 11 is 0. The van der Waals surface area contributed by atoms with Gasteiger partial charge in [0.1, 0.15) is 6.04 Å². The fraction of sp³-hybridized carbons (Fsp3) is 0.214. The van der Waals surface area contributed by atoms with E-state index in [1.54, 1.807) is 60.7 Å². The van der Waals surface area contributed by atoms with Gasteiger partial charge in [-0.05, 0) is 52.9 Å². The van der Waals surface area contributed by atoms with Crippen LogP contribution < -0.4 is 11.1 Å². The first-order chi connectivity index (χ1) is 17.1. The molecule has 184 valence electrons. The van der Waals surface area contributed by atoms with Crippen LogP contribution in [0.4, 0.5) is 5.69 Å². The number of aromatic nitrogens is 2. The summed E-state index contributed by atoms with van der Waals surface area (Å²) in [5.41, 5.74) is 10.1. The average molecular weight is 485 g/mol. The van der Waals surface area contributed by atoms with Gasteiger partial charge in [-0.3, -0.25) is 4.79 Å². The van der Waals surface area contributed by atoms with E-state index in [1.807, 2.05) is 12.1 Å². The summed E-state index contributed by atoms with van der Waals surface area (Å²) in [6.45, 7) is 6.27. The van der Waals surface area contributed by atoms with Gasteiger partial charge in [-0.15, -0.1) is 0 Å². The molecule has 0 spiro atoms. The number of benzene rings is 3. The Labute approximate surface area is 209 Å². The summed E-state index contributed by atoms with van der Waals surface area (Å²) in [4.78, 5) is 29.0. The maximum atomic E-state index is 12.7. The molecule has 0 saturated carbocycles. The van der Waals surface area contributed by atoms with Crippen molar-refractivity contribution in [3.8, 4) is 22.8 Å². The van der Waals surface area contributed by atoms with Crippen LogP contribution >= 0.6 is 0 Å². The molecule has 0 aliphatic heterocycles. The highest BCUT2D eigenvalue weighted by Crippen LogP contribution is 2.24. The largest absolute Gasteiger partial charge is 0.480 e. The highest BCUT2D eigenvalue weighted by atomic mass is 16.5. The lowest BCUT2D eigenvalue weighted by Crippen LogP contribution is -2.42. The smallest absolute Gasteiger partial charge is 0.326 e. The molecular formula is C28H28N4O4. The number of rotatable bonds is 7. The second kappa shape index (κ2) is 10.0. The van der Waals surface area contributed by atoms with E-state index in [9.17, 15) is 14.7 Å². The molecule has 4 N–H and O–H groups in total. The molecule has 0 fully saturated rings. The van der Waals surface area contributed by atoms with Crippen LogP contribution in [0, 0.1) is 0 Å². The molecule has 0 aliphatic rings. The van der Waals surface area contributed by atoms with E-state index >= 15 is 0 Å². The van der Waals surface area contributed by atoms with Gasteiger partial charge in [0.25, 0.3) is 11.8 Å². The fourth-order valence-corrected chi connectivity index (χ4v) is 3.67. The zero-order valence-electron chi connectivity index (χ0n) is 20.4. The Morgan fingerprint density at radius 2 is 1.56 bits per heavy atom. The number of nitrogens with one attached hydrogen (secondary N) is 1. The Hall–Kier alpha value is -4.46.